The van der Waals surface area contributed by atoms with Crippen molar-refractivity contribution in [3.63, 3.8) is 0 Å². The lowest BCUT2D eigenvalue weighted by Gasteiger charge is -1.99. The number of carbonyl (C=O) groups excluding carboxylic acids is 2. The zero-order valence-corrected chi connectivity index (χ0v) is 9.32. The monoisotopic (exact) mass is 226 g/mol. The Morgan fingerprint density at radius 2 is 2.00 bits per heavy atom. The highest BCUT2D eigenvalue weighted by molar-refractivity contribution is 5.96. The van der Waals surface area contributed by atoms with E-state index in [-0.39, 0.29) is 23.9 Å². The van der Waals surface area contributed by atoms with E-state index in [4.69, 9.17) is 9.15 Å². The standard InChI is InChI=1S/C11H14O5/c1-3-6-15-7-8(12)9-4-5-10(16-9)11(13)14-2/h4-5H,3,6-7H2,1-2H3. The van der Waals surface area contributed by atoms with Crippen molar-refractivity contribution >= 4 is 11.8 Å². The molecule has 0 saturated heterocycles. The van der Waals surface area contributed by atoms with Crippen molar-refractivity contribution in [2.75, 3.05) is 20.3 Å². The summed E-state index contributed by atoms with van der Waals surface area (Å²) in [6.45, 7) is 2.44. The number of rotatable bonds is 6. The van der Waals surface area contributed by atoms with Crippen molar-refractivity contribution < 1.29 is 23.5 Å². The molecule has 0 N–H and O–H groups in total. The third-order valence-electron chi connectivity index (χ3n) is 1.85. The van der Waals surface area contributed by atoms with Crippen molar-refractivity contribution in [1.82, 2.24) is 0 Å². The van der Waals surface area contributed by atoms with E-state index in [9.17, 15) is 9.59 Å². The Morgan fingerprint density at radius 1 is 1.31 bits per heavy atom. The van der Waals surface area contributed by atoms with Crippen LogP contribution in [0.15, 0.2) is 16.5 Å². The molecule has 16 heavy (non-hydrogen) atoms. The summed E-state index contributed by atoms with van der Waals surface area (Å²) in [6.07, 6.45) is 0.846. The summed E-state index contributed by atoms with van der Waals surface area (Å²) >= 11 is 0. The van der Waals surface area contributed by atoms with Gasteiger partial charge in [0.25, 0.3) is 0 Å². The lowest BCUT2D eigenvalue weighted by Crippen LogP contribution is -2.08. The molecule has 0 atom stereocenters. The van der Waals surface area contributed by atoms with Crippen LogP contribution < -0.4 is 0 Å². The van der Waals surface area contributed by atoms with Crippen molar-refractivity contribution in [2.24, 2.45) is 0 Å². The molecule has 0 fully saturated rings. The number of methoxy groups -OCH3 is 1. The summed E-state index contributed by atoms with van der Waals surface area (Å²) in [5.41, 5.74) is 0. The quantitative estimate of drug-likeness (QED) is 0.419. The maximum absolute atomic E-state index is 11.5. The third kappa shape index (κ3) is 3.20. The van der Waals surface area contributed by atoms with Gasteiger partial charge in [-0.05, 0) is 18.6 Å². The SMILES string of the molecule is CCCOCC(=O)c1ccc(C(=O)OC)o1. The molecule has 0 aliphatic heterocycles. The first-order valence-corrected chi connectivity index (χ1v) is 4.98. The van der Waals surface area contributed by atoms with Gasteiger partial charge in [0.05, 0.1) is 7.11 Å². The lowest BCUT2D eigenvalue weighted by atomic mass is 10.3. The third-order valence-corrected chi connectivity index (χ3v) is 1.85. The number of hydrogen-bond acceptors (Lipinski definition) is 5. The van der Waals surface area contributed by atoms with Crippen molar-refractivity contribution in [3.8, 4) is 0 Å². The highest BCUT2D eigenvalue weighted by atomic mass is 16.5. The fourth-order valence-corrected chi connectivity index (χ4v) is 1.08. The van der Waals surface area contributed by atoms with Crippen LogP contribution in [-0.2, 0) is 9.47 Å². The highest BCUT2D eigenvalue weighted by Gasteiger charge is 2.15. The van der Waals surface area contributed by atoms with E-state index in [1.54, 1.807) is 0 Å². The Labute approximate surface area is 93.3 Å². The average Bonchev–Trinajstić information content (AvgIpc) is 2.77. The van der Waals surface area contributed by atoms with E-state index in [1.807, 2.05) is 6.92 Å². The number of esters is 1. The Morgan fingerprint density at radius 3 is 2.62 bits per heavy atom. The van der Waals surface area contributed by atoms with Gasteiger partial charge in [-0.15, -0.1) is 0 Å². The van der Waals surface area contributed by atoms with Gasteiger partial charge in [0.2, 0.25) is 11.5 Å². The summed E-state index contributed by atoms with van der Waals surface area (Å²) < 4.78 is 14.5. The lowest BCUT2D eigenvalue weighted by molar-refractivity contribution is 0.0559. The molecule has 0 unspecified atom stereocenters. The van der Waals surface area contributed by atoms with E-state index < -0.39 is 5.97 Å². The fraction of sp³-hybridized carbons (Fsp3) is 0.455. The largest absolute Gasteiger partial charge is 0.463 e. The van der Waals surface area contributed by atoms with E-state index in [0.717, 1.165) is 6.42 Å². The minimum Gasteiger partial charge on any atom is -0.463 e. The minimum absolute atomic E-state index is 0.0151. The minimum atomic E-state index is -0.603. The van der Waals surface area contributed by atoms with Crippen molar-refractivity contribution in [3.05, 3.63) is 23.7 Å². The van der Waals surface area contributed by atoms with Gasteiger partial charge in [0, 0.05) is 6.61 Å². The van der Waals surface area contributed by atoms with Gasteiger partial charge in [0.15, 0.2) is 5.76 Å². The van der Waals surface area contributed by atoms with E-state index in [1.165, 1.54) is 19.2 Å². The van der Waals surface area contributed by atoms with Crippen molar-refractivity contribution in [2.45, 2.75) is 13.3 Å². The van der Waals surface area contributed by atoms with Gasteiger partial charge in [0.1, 0.15) is 6.61 Å². The van der Waals surface area contributed by atoms with E-state index in [0.29, 0.717) is 6.61 Å². The number of hydrogen-bond donors (Lipinski definition) is 0. The number of ketones is 1. The second-order valence-corrected chi connectivity index (χ2v) is 3.13. The Hall–Kier alpha value is -1.62. The molecule has 0 aliphatic carbocycles. The fourth-order valence-electron chi connectivity index (χ4n) is 1.08. The van der Waals surface area contributed by atoms with Crippen LogP contribution in [0.5, 0.6) is 0 Å². The van der Waals surface area contributed by atoms with E-state index in [2.05, 4.69) is 4.74 Å². The predicted molar refractivity (Wildman–Crippen MR) is 55.5 cm³/mol. The number of furan rings is 1. The van der Waals surface area contributed by atoms with Crippen LogP contribution >= 0.6 is 0 Å². The molecular weight excluding hydrogens is 212 g/mol. The average molecular weight is 226 g/mol. The molecule has 0 radical (unpaired) electrons. The van der Waals surface area contributed by atoms with Crippen LogP contribution in [0, 0.1) is 0 Å². The molecule has 0 amide bonds. The van der Waals surface area contributed by atoms with Gasteiger partial charge >= 0.3 is 5.97 Å². The molecule has 5 nitrogen and oxygen atoms in total. The first kappa shape index (κ1) is 12.4. The van der Waals surface area contributed by atoms with Gasteiger partial charge in [-0.25, -0.2) is 4.79 Å². The van der Waals surface area contributed by atoms with Crippen LogP contribution in [-0.4, -0.2) is 32.1 Å². The second-order valence-electron chi connectivity index (χ2n) is 3.13. The predicted octanol–water partition coefficient (Wildman–Crippen LogP) is 1.68. The zero-order valence-electron chi connectivity index (χ0n) is 9.32. The van der Waals surface area contributed by atoms with Crippen LogP contribution in [0.25, 0.3) is 0 Å². The summed E-state index contributed by atoms with van der Waals surface area (Å²) in [7, 11) is 1.25. The topological polar surface area (TPSA) is 65.7 Å². The highest BCUT2D eigenvalue weighted by Crippen LogP contribution is 2.09. The molecule has 0 aromatic carbocycles. The van der Waals surface area contributed by atoms with Crippen molar-refractivity contribution in [1.29, 1.82) is 0 Å². The summed E-state index contributed by atoms with van der Waals surface area (Å²) in [4.78, 5) is 22.5. The molecule has 0 saturated carbocycles. The molecule has 1 heterocycles. The first-order chi connectivity index (χ1) is 7.69. The maximum atomic E-state index is 11.5. The molecule has 0 bridgehead atoms. The smallest absolute Gasteiger partial charge is 0.373 e. The molecule has 5 heteroatoms. The Balaban J connectivity index is 2.56. The number of Topliss-reactive ketones (excluding diaryl/α,β-unsaturated/α-hetero) is 1. The zero-order chi connectivity index (χ0) is 12.0. The maximum Gasteiger partial charge on any atom is 0.373 e. The molecule has 1 rings (SSSR count). The van der Waals surface area contributed by atoms with Crippen LogP contribution in [0.1, 0.15) is 34.5 Å². The Kier molecular flexibility index (Phi) is 4.72. The summed E-state index contributed by atoms with van der Waals surface area (Å²) in [6, 6.07) is 2.84. The molecule has 0 spiro atoms. The number of ether oxygens (including phenoxy) is 2. The molecule has 0 aliphatic rings. The summed E-state index contributed by atoms with van der Waals surface area (Å²) in [5.74, 6) is -0.769. The van der Waals surface area contributed by atoms with Gasteiger partial charge in [-0.1, -0.05) is 6.92 Å². The van der Waals surface area contributed by atoms with Crippen LogP contribution in [0.3, 0.4) is 0 Å². The summed E-state index contributed by atoms with van der Waals surface area (Å²) in [5, 5.41) is 0. The first-order valence-electron chi connectivity index (χ1n) is 4.98. The van der Waals surface area contributed by atoms with Crippen LogP contribution in [0.4, 0.5) is 0 Å². The molecule has 1 aromatic rings. The molecular formula is C11H14O5. The molecule has 1 aromatic heterocycles. The van der Waals surface area contributed by atoms with Gasteiger partial charge in [-0.2, -0.15) is 0 Å². The number of carbonyl (C=O) groups is 2. The van der Waals surface area contributed by atoms with Crippen LogP contribution in [0.2, 0.25) is 0 Å². The molecule has 88 valence electrons. The Bertz CT molecular complexity index is 366. The van der Waals surface area contributed by atoms with E-state index >= 15 is 0 Å². The normalized spacial score (nSPS) is 10.1. The van der Waals surface area contributed by atoms with Gasteiger partial charge in [-0.3, -0.25) is 4.79 Å². The van der Waals surface area contributed by atoms with Gasteiger partial charge < -0.3 is 13.9 Å². The second kappa shape index (κ2) is 6.07.